The number of aliphatic imine (C=N–C) groups is 1. The third-order valence-electron chi connectivity index (χ3n) is 6.72. The van der Waals surface area contributed by atoms with Gasteiger partial charge in [-0.2, -0.15) is 0 Å². The van der Waals surface area contributed by atoms with Gasteiger partial charge in [-0.3, -0.25) is 4.99 Å². The Morgan fingerprint density at radius 2 is 1.86 bits per heavy atom. The number of nitrogens with one attached hydrogen (secondary N) is 2. The van der Waals surface area contributed by atoms with E-state index >= 15 is 0 Å². The molecule has 1 aromatic rings. The molecule has 1 aromatic heterocycles. The van der Waals surface area contributed by atoms with Crippen molar-refractivity contribution in [2.24, 2.45) is 10.9 Å². The van der Waals surface area contributed by atoms with Crippen LogP contribution >= 0.6 is 24.0 Å². The van der Waals surface area contributed by atoms with Crippen LogP contribution in [0.4, 0.5) is 0 Å². The third-order valence-corrected chi connectivity index (χ3v) is 6.72. The predicted octanol–water partition coefficient (Wildman–Crippen LogP) is 2.34. The van der Waals surface area contributed by atoms with Crippen LogP contribution in [0.15, 0.2) is 4.99 Å². The minimum atomic E-state index is 0. The van der Waals surface area contributed by atoms with E-state index < -0.39 is 0 Å². The zero-order valence-electron chi connectivity index (χ0n) is 17.4. The van der Waals surface area contributed by atoms with Gasteiger partial charge in [-0.1, -0.05) is 12.8 Å². The molecule has 7 nitrogen and oxygen atoms in total. The topological polar surface area (TPSA) is 70.4 Å². The summed E-state index contributed by atoms with van der Waals surface area (Å²) < 4.78 is 2.27. The normalized spacial score (nSPS) is 24.6. The molecule has 4 rings (SSSR count). The van der Waals surface area contributed by atoms with Gasteiger partial charge in [0.2, 0.25) is 0 Å². The molecule has 0 aromatic carbocycles. The molecule has 2 N–H and O–H groups in total. The number of guanidine groups is 1. The number of halogens is 1. The maximum Gasteiger partial charge on any atom is 0.191 e. The summed E-state index contributed by atoms with van der Waals surface area (Å²) in [6.07, 6.45) is 10.3. The zero-order valence-corrected chi connectivity index (χ0v) is 19.7. The van der Waals surface area contributed by atoms with Gasteiger partial charge in [0.05, 0.1) is 0 Å². The summed E-state index contributed by atoms with van der Waals surface area (Å²) in [5.74, 6) is 3.74. The molecule has 8 heteroatoms. The Bertz CT molecular complexity index is 645. The first-order valence-corrected chi connectivity index (χ1v) is 10.8. The molecule has 1 saturated heterocycles. The first kappa shape index (κ1) is 21.8. The van der Waals surface area contributed by atoms with Gasteiger partial charge in [-0.05, 0) is 44.9 Å². The molecule has 0 spiro atoms. The summed E-state index contributed by atoms with van der Waals surface area (Å²) in [6, 6.07) is 1.41. The third kappa shape index (κ3) is 5.17. The predicted molar refractivity (Wildman–Crippen MR) is 123 cm³/mol. The van der Waals surface area contributed by atoms with Crippen LogP contribution in [0, 0.1) is 12.8 Å². The Balaban J connectivity index is 0.00000225. The van der Waals surface area contributed by atoms with E-state index in [1.807, 2.05) is 14.0 Å². The first-order chi connectivity index (χ1) is 13.2. The summed E-state index contributed by atoms with van der Waals surface area (Å²) in [6.45, 7) is 6.48. The molecule has 1 saturated carbocycles. The number of nitrogens with zero attached hydrogens (tertiary/aromatic N) is 5. The van der Waals surface area contributed by atoms with E-state index in [1.165, 1.54) is 58.0 Å². The maximum atomic E-state index is 4.46. The van der Waals surface area contributed by atoms with E-state index in [9.17, 15) is 0 Å². The van der Waals surface area contributed by atoms with Crippen molar-refractivity contribution in [3.63, 3.8) is 0 Å². The molecule has 1 unspecified atom stereocenters. The molecule has 0 amide bonds. The van der Waals surface area contributed by atoms with Crippen molar-refractivity contribution in [1.29, 1.82) is 0 Å². The van der Waals surface area contributed by atoms with E-state index in [4.69, 9.17) is 0 Å². The maximum absolute atomic E-state index is 4.46. The average molecular weight is 501 g/mol. The Kier molecular flexibility index (Phi) is 7.96. The second-order valence-corrected chi connectivity index (χ2v) is 8.52. The fourth-order valence-electron chi connectivity index (χ4n) is 5.00. The lowest BCUT2D eigenvalue weighted by Crippen LogP contribution is -2.51. The molecule has 2 aliphatic heterocycles. The van der Waals surface area contributed by atoms with E-state index in [2.05, 4.69) is 35.3 Å². The number of piperidine rings is 1. The molecule has 2 fully saturated rings. The monoisotopic (exact) mass is 501 g/mol. The Labute approximate surface area is 186 Å². The number of hydrogen-bond donors (Lipinski definition) is 2. The van der Waals surface area contributed by atoms with Gasteiger partial charge in [-0.25, -0.2) is 0 Å². The highest BCUT2D eigenvalue weighted by Crippen LogP contribution is 2.26. The van der Waals surface area contributed by atoms with Crippen molar-refractivity contribution in [3.8, 4) is 0 Å². The number of hydrogen-bond acceptors (Lipinski definition) is 4. The SMILES string of the molecule is CN=C(NCC1CCc2nnc(C)n2C1)NC1CCN(C2CCCC2)CC1.I. The molecular formula is C20H36IN7. The van der Waals surface area contributed by atoms with Crippen molar-refractivity contribution >= 4 is 29.9 Å². The summed E-state index contributed by atoms with van der Waals surface area (Å²) in [7, 11) is 1.88. The van der Waals surface area contributed by atoms with Crippen molar-refractivity contribution < 1.29 is 0 Å². The molecule has 158 valence electrons. The van der Waals surface area contributed by atoms with Crippen LogP contribution in [-0.4, -0.2) is 64.4 Å². The Hall–Kier alpha value is -0.900. The van der Waals surface area contributed by atoms with Crippen LogP contribution in [0.1, 0.15) is 56.6 Å². The van der Waals surface area contributed by atoms with Crippen molar-refractivity contribution in [2.75, 3.05) is 26.7 Å². The van der Waals surface area contributed by atoms with Crippen LogP contribution < -0.4 is 10.6 Å². The van der Waals surface area contributed by atoms with E-state index in [-0.39, 0.29) is 24.0 Å². The number of fused-ring (bicyclic) bond motifs is 1. The molecule has 28 heavy (non-hydrogen) atoms. The molecule has 1 atom stereocenters. The second-order valence-electron chi connectivity index (χ2n) is 8.52. The van der Waals surface area contributed by atoms with E-state index in [0.717, 1.165) is 43.2 Å². The van der Waals surface area contributed by atoms with Crippen LogP contribution in [0.2, 0.25) is 0 Å². The van der Waals surface area contributed by atoms with E-state index in [1.54, 1.807) is 0 Å². The van der Waals surface area contributed by atoms with Gasteiger partial charge in [0, 0.05) is 51.7 Å². The van der Waals surface area contributed by atoms with Crippen molar-refractivity contribution in [1.82, 2.24) is 30.3 Å². The summed E-state index contributed by atoms with van der Waals surface area (Å²) >= 11 is 0. The lowest BCUT2D eigenvalue weighted by atomic mass is 9.99. The number of rotatable bonds is 4. The van der Waals surface area contributed by atoms with Gasteiger partial charge < -0.3 is 20.1 Å². The van der Waals surface area contributed by atoms with Crippen LogP contribution in [0.3, 0.4) is 0 Å². The number of likely N-dealkylation sites (tertiary alicyclic amines) is 1. The van der Waals surface area contributed by atoms with Gasteiger partial charge in [0.15, 0.2) is 5.96 Å². The number of aromatic nitrogens is 3. The first-order valence-electron chi connectivity index (χ1n) is 10.8. The van der Waals surface area contributed by atoms with Gasteiger partial charge >= 0.3 is 0 Å². The van der Waals surface area contributed by atoms with Gasteiger partial charge in [0.25, 0.3) is 0 Å². The lowest BCUT2D eigenvalue weighted by molar-refractivity contribution is 0.150. The van der Waals surface area contributed by atoms with Crippen LogP contribution in [0.25, 0.3) is 0 Å². The number of aryl methyl sites for hydroxylation is 2. The molecule has 0 bridgehead atoms. The molecule has 1 aliphatic carbocycles. The fourth-order valence-corrected chi connectivity index (χ4v) is 5.00. The average Bonchev–Trinajstić information content (AvgIpc) is 3.36. The standard InChI is InChI=1S/C20H35N7.HI/c1-15-24-25-19-8-7-16(14-27(15)19)13-22-20(21-2)23-17-9-11-26(12-10-17)18-5-3-4-6-18;/h16-18H,3-14H2,1-2H3,(H2,21,22,23);1H. The minimum Gasteiger partial charge on any atom is -0.356 e. The summed E-state index contributed by atoms with van der Waals surface area (Å²) in [5, 5.41) is 15.7. The lowest BCUT2D eigenvalue weighted by Gasteiger charge is -2.36. The molecule has 0 radical (unpaired) electrons. The smallest absolute Gasteiger partial charge is 0.191 e. The van der Waals surface area contributed by atoms with Crippen molar-refractivity contribution in [3.05, 3.63) is 11.6 Å². The van der Waals surface area contributed by atoms with Crippen LogP contribution in [0.5, 0.6) is 0 Å². The largest absolute Gasteiger partial charge is 0.356 e. The molecular weight excluding hydrogens is 465 g/mol. The van der Waals surface area contributed by atoms with Crippen molar-refractivity contribution in [2.45, 2.75) is 76.9 Å². The molecule has 3 heterocycles. The van der Waals surface area contributed by atoms with Gasteiger partial charge in [0.1, 0.15) is 11.6 Å². The van der Waals surface area contributed by atoms with E-state index in [0.29, 0.717) is 12.0 Å². The minimum absolute atomic E-state index is 0. The highest BCUT2D eigenvalue weighted by molar-refractivity contribution is 14.0. The molecule has 3 aliphatic rings. The van der Waals surface area contributed by atoms with Crippen LogP contribution in [-0.2, 0) is 13.0 Å². The quantitative estimate of drug-likeness (QED) is 0.377. The summed E-state index contributed by atoms with van der Waals surface area (Å²) in [4.78, 5) is 7.19. The highest BCUT2D eigenvalue weighted by atomic mass is 127. The Morgan fingerprint density at radius 1 is 1.11 bits per heavy atom. The van der Waals surface area contributed by atoms with Gasteiger partial charge in [-0.15, -0.1) is 34.2 Å². The fraction of sp³-hybridized carbons (Fsp3) is 0.850. The second kappa shape index (κ2) is 10.2. The summed E-state index contributed by atoms with van der Waals surface area (Å²) in [5.41, 5.74) is 0. The zero-order chi connectivity index (χ0) is 18.6. The Morgan fingerprint density at radius 3 is 2.57 bits per heavy atom. The highest BCUT2D eigenvalue weighted by Gasteiger charge is 2.27.